The minimum absolute atomic E-state index is 0.437. The van der Waals surface area contributed by atoms with Gasteiger partial charge in [-0.15, -0.1) is 0 Å². The maximum absolute atomic E-state index is 12.4. The van der Waals surface area contributed by atoms with Gasteiger partial charge in [-0.05, 0) is 36.8 Å². The van der Waals surface area contributed by atoms with E-state index in [9.17, 15) is 9.59 Å². The Labute approximate surface area is 146 Å². The first-order valence-electron chi connectivity index (χ1n) is 8.17. The van der Waals surface area contributed by atoms with Crippen LogP contribution in [0.2, 0.25) is 0 Å². The summed E-state index contributed by atoms with van der Waals surface area (Å²) in [6.07, 6.45) is 1.74. The molecule has 0 radical (unpaired) electrons. The molecule has 1 fully saturated rings. The Morgan fingerprint density at radius 1 is 1.12 bits per heavy atom. The van der Waals surface area contributed by atoms with Crippen molar-refractivity contribution in [3.05, 3.63) is 48.2 Å². The summed E-state index contributed by atoms with van der Waals surface area (Å²) in [5.74, 6) is -0.322. The number of pyridine rings is 1. The molecule has 3 N–H and O–H groups in total. The lowest BCUT2D eigenvalue weighted by atomic mass is 10.2. The van der Waals surface area contributed by atoms with Gasteiger partial charge in [0.2, 0.25) is 0 Å². The molecule has 7 nitrogen and oxygen atoms in total. The molecule has 0 unspecified atom stereocenters. The van der Waals surface area contributed by atoms with E-state index < -0.39 is 11.8 Å². The highest BCUT2D eigenvalue weighted by Crippen LogP contribution is 2.20. The van der Waals surface area contributed by atoms with Gasteiger partial charge in [-0.3, -0.25) is 9.59 Å². The summed E-state index contributed by atoms with van der Waals surface area (Å²) < 4.78 is 0. The number of amides is 2. The monoisotopic (exact) mass is 339 g/mol. The fourth-order valence-corrected chi connectivity index (χ4v) is 2.78. The molecule has 1 saturated heterocycles. The third kappa shape index (κ3) is 3.88. The van der Waals surface area contributed by atoms with Crippen LogP contribution in [0.25, 0.3) is 0 Å². The lowest BCUT2D eigenvalue weighted by Gasteiger charge is -2.35. The van der Waals surface area contributed by atoms with E-state index in [1.165, 1.54) is 0 Å². The zero-order valence-corrected chi connectivity index (χ0v) is 14.1. The van der Waals surface area contributed by atoms with Crippen LogP contribution in [-0.2, 0) is 9.59 Å². The number of hydrogen-bond donors (Lipinski definition) is 2. The molecule has 2 heterocycles. The van der Waals surface area contributed by atoms with Crippen molar-refractivity contribution in [3.63, 3.8) is 0 Å². The largest absolute Gasteiger partial charge is 0.397 e. The fraction of sp³-hybridized carbons (Fsp3) is 0.278. The standard InChI is InChI=1S/C18H21N5O2/c1-13-5-6-14(19)15(12-13)21-17(24)18(25)23-10-8-22(9-11-23)16-4-2-3-7-20-16/h2-7,12H,8-11,19H2,1H3,(H,21,24). The van der Waals surface area contributed by atoms with Crippen LogP contribution in [0.5, 0.6) is 0 Å². The summed E-state index contributed by atoms with van der Waals surface area (Å²) in [6, 6.07) is 11.0. The van der Waals surface area contributed by atoms with E-state index in [1.807, 2.05) is 31.2 Å². The first kappa shape index (κ1) is 16.8. The van der Waals surface area contributed by atoms with E-state index in [0.717, 1.165) is 11.4 Å². The Bertz CT molecular complexity index is 770. The van der Waals surface area contributed by atoms with Crippen molar-refractivity contribution in [3.8, 4) is 0 Å². The predicted molar refractivity (Wildman–Crippen MR) is 97.3 cm³/mol. The molecule has 2 amide bonds. The number of carbonyl (C=O) groups excluding carboxylic acids is 2. The number of hydrogen-bond acceptors (Lipinski definition) is 5. The van der Waals surface area contributed by atoms with Crippen molar-refractivity contribution in [2.24, 2.45) is 0 Å². The molecule has 1 aliphatic rings. The number of nitrogens with two attached hydrogens (primary N) is 1. The minimum atomic E-state index is -0.663. The average molecular weight is 339 g/mol. The molecule has 1 aliphatic heterocycles. The Hall–Kier alpha value is -3.09. The zero-order valence-electron chi connectivity index (χ0n) is 14.1. The van der Waals surface area contributed by atoms with E-state index >= 15 is 0 Å². The Balaban J connectivity index is 1.58. The van der Waals surface area contributed by atoms with Crippen molar-refractivity contribution in [1.82, 2.24) is 9.88 Å². The molecule has 130 valence electrons. The third-order valence-electron chi connectivity index (χ3n) is 4.19. The topological polar surface area (TPSA) is 91.6 Å². The van der Waals surface area contributed by atoms with Gasteiger partial charge in [-0.2, -0.15) is 0 Å². The number of nitrogens with zero attached hydrogens (tertiary/aromatic N) is 3. The van der Waals surface area contributed by atoms with Gasteiger partial charge < -0.3 is 20.9 Å². The van der Waals surface area contributed by atoms with Crippen LogP contribution >= 0.6 is 0 Å². The Morgan fingerprint density at radius 3 is 2.56 bits per heavy atom. The summed E-state index contributed by atoms with van der Waals surface area (Å²) in [4.78, 5) is 32.6. The van der Waals surface area contributed by atoms with Crippen molar-refractivity contribution in [1.29, 1.82) is 0 Å². The average Bonchev–Trinajstić information content (AvgIpc) is 2.65. The Kier molecular flexibility index (Phi) is 4.83. The van der Waals surface area contributed by atoms with Crippen molar-refractivity contribution >= 4 is 29.0 Å². The second-order valence-corrected chi connectivity index (χ2v) is 6.01. The smallest absolute Gasteiger partial charge is 0.313 e. The number of aryl methyl sites for hydroxylation is 1. The molecule has 0 atom stereocenters. The summed E-state index contributed by atoms with van der Waals surface area (Å²) in [5.41, 5.74) is 7.71. The van der Waals surface area contributed by atoms with Crippen LogP contribution in [0, 0.1) is 6.92 Å². The molecule has 7 heteroatoms. The van der Waals surface area contributed by atoms with E-state index in [0.29, 0.717) is 37.6 Å². The molecule has 0 spiro atoms. The molecule has 1 aromatic heterocycles. The second kappa shape index (κ2) is 7.21. The van der Waals surface area contributed by atoms with Gasteiger partial charge in [0.05, 0.1) is 11.4 Å². The minimum Gasteiger partial charge on any atom is -0.397 e. The number of nitrogens with one attached hydrogen (secondary N) is 1. The first-order valence-corrected chi connectivity index (χ1v) is 8.17. The number of rotatable bonds is 2. The van der Waals surface area contributed by atoms with Crippen molar-refractivity contribution < 1.29 is 9.59 Å². The Morgan fingerprint density at radius 2 is 1.88 bits per heavy atom. The van der Waals surface area contributed by atoms with Gasteiger partial charge in [0.15, 0.2) is 0 Å². The van der Waals surface area contributed by atoms with E-state index in [1.54, 1.807) is 23.2 Å². The predicted octanol–water partition coefficient (Wildman–Crippen LogP) is 1.26. The number of carbonyl (C=O) groups is 2. The lowest BCUT2D eigenvalue weighted by molar-refractivity contribution is -0.143. The van der Waals surface area contributed by atoms with Crippen molar-refractivity contribution in [2.45, 2.75) is 6.92 Å². The molecule has 0 saturated carbocycles. The van der Waals surface area contributed by atoms with Crippen molar-refractivity contribution in [2.75, 3.05) is 42.1 Å². The highest BCUT2D eigenvalue weighted by Gasteiger charge is 2.26. The number of piperazine rings is 1. The SMILES string of the molecule is Cc1ccc(N)c(NC(=O)C(=O)N2CCN(c3ccccn3)CC2)c1. The first-order chi connectivity index (χ1) is 12.0. The van der Waals surface area contributed by atoms with Gasteiger partial charge in [0, 0.05) is 32.4 Å². The molecule has 25 heavy (non-hydrogen) atoms. The highest BCUT2D eigenvalue weighted by atomic mass is 16.2. The fourth-order valence-electron chi connectivity index (χ4n) is 2.78. The summed E-state index contributed by atoms with van der Waals surface area (Å²) in [5, 5.41) is 2.61. The number of benzene rings is 1. The zero-order chi connectivity index (χ0) is 17.8. The van der Waals surface area contributed by atoms with Crippen LogP contribution in [0.3, 0.4) is 0 Å². The van der Waals surface area contributed by atoms with Gasteiger partial charge in [-0.25, -0.2) is 4.98 Å². The number of aromatic nitrogens is 1. The molecular formula is C18H21N5O2. The van der Waals surface area contributed by atoms with E-state index in [-0.39, 0.29) is 0 Å². The summed E-state index contributed by atoms with van der Waals surface area (Å²) in [6.45, 7) is 4.14. The van der Waals surface area contributed by atoms with Crippen LogP contribution in [-0.4, -0.2) is 47.9 Å². The van der Waals surface area contributed by atoms with Gasteiger partial charge in [0.25, 0.3) is 0 Å². The molecule has 3 rings (SSSR count). The van der Waals surface area contributed by atoms with Crippen LogP contribution in [0.15, 0.2) is 42.6 Å². The van der Waals surface area contributed by atoms with Crippen LogP contribution < -0.4 is 16.0 Å². The number of anilines is 3. The maximum Gasteiger partial charge on any atom is 0.313 e. The lowest BCUT2D eigenvalue weighted by Crippen LogP contribution is -2.51. The van der Waals surface area contributed by atoms with Crippen LogP contribution in [0.4, 0.5) is 17.2 Å². The summed E-state index contributed by atoms with van der Waals surface area (Å²) >= 11 is 0. The maximum atomic E-state index is 12.4. The summed E-state index contributed by atoms with van der Waals surface area (Å²) in [7, 11) is 0. The molecule has 2 aromatic rings. The normalized spacial score (nSPS) is 14.3. The number of nitrogen functional groups attached to an aromatic ring is 1. The van der Waals surface area contributed by atoms with Crippen LogP contribution in [0.1, 0.15) is 5.56 Å². The molecule has 0 aliphatic carbocycles. The van der Waals surface area contributed by atoms with Gasteiger partial charge in [-0.1, -0.05) is 12.1 Å². The van der Waals surface area contributed by atoms with Gasteiger partial charge >= 0.3 is 11.8 Å². The second-order valence-electron chi connectivity index (χ2n) is 6.01. The van der Waals surface area contributed by atoms with E-state index in [2.05, 4.69) is 15.2 Å². The molecular weight excluding hydrogens is 318 g/mol. The highest BCUT2D eigenvalue weighted by molar-refractivity contribution is 6.39. The third-order valence-corrected chi connectivity index (χ3v) is 4.19. The van der Waals surface area contributed by atoms with E-state index in [4.69, 9.17) is 5.73 Å². The molecule has 0 bridgehead atoms. The van der Waals surface area contributed by atoms with Gasteiger partial charge in [0.1, 0.15) is 5.82 Å². The quantitative estimate of drug-likeness (QED) is 0.635. The molecule has 1 aromatic carbocycles.